The van der Waals surface area contributed by atoms with Crippen molar-refractivity contribution in [2.75, 3.05) is 6.54 Å². The lowest BCUT2D eigenvalue weighted by atomic mass is 10.5. The zero-order chi connectivity index (χ0) is 11.5. The summed E-state index contributed by atoms with van der Waals surface area (Å²) in [4.78, 5) is 3.47. The number of halogens is 3. The van der Waals surface area contributed by atoms with E-state index in [1.165, 1.54) is 12.3 Å². The summed E-state index contributed by atoms with van der Waals surface area (Å²) in [5.74, 6) is 0. The molecule has 1 N–H and O–H groups in total. The van der Waals surface area contributed by atoms with Gasteiger partial charge in [0.2, 0.25) is 10.0 Å². The Bertz CT molecular complexity index is 438. The van der Waals surface area contributed by atoms with Gasteiger partial charge < -0.3 is 0 Å². The van der Waals surface area contributed by atoms with Gasteiger partial charge in [-0.25, -0.2) is 21.9 Å². The van der Waals surface area contributed by atoms with Crippen molar-refractivity contribution in [1.82, 2.24) is 9.71 Å². The highest BCUT2D eigenvalue weighted by atomic mass is 79.9. The van der Waals surface area contributed by atoms with Gasteiger partial charge in [0.25, 0.3) is 6.43 Å². The number of nitrogens with zero attached hydrogens (tertiary/aromatic N) is 1. The molecule has 1 aromatic rings. The molecule has 0 aliphatic heterocycles. The van der Waals surface area contributed by atoms with Gasteiger partial charge in [-0.1, -0.05) is 0 Å². The fourth-order valence-electron chi connectivity index (χ4n) is 0.795. The standard InChI is InChI=1S/C7H7BrF2N2O2S/c8-5-1-6(3-11-2-5)15(13,14)12-4-7(9)10/h1-3,7,12H,4H2. The summed E-state index contributed by atoms with van der Waals surface area (Å²) in [5.41, 5.74) is 0. The summed E-state index contributed by atoms with van der Waals surface area (Å²) < 4.78 is 48.6. The van der Waals surface area contributed by atoms with Gasteiger partial charge in [-0.15, -0.1) is 0 Å². The van der Waals surface area contributed by atoms with Gasteiger partial charge in [0.05, 0.1) is 6.54 Å². The van der Waals surface area contributed by atoms with Gasteiger partial charge in [0.15, 0.2) is 0 Å². The highest BCUT2D eigenvalue weighted by Gasteiger charge is 2.16. The minimum atomic E-state index is -3.90. The van der Waals surface area contributed by atoms with Gasteiger partial charge in [-0.05, 0) is 22.0 Å². The van der Waals surface area contributed by atoms with Crippen molar-refractivity contribution in [3.63, 3.8) is 0 Å². The maximum absolute atomic E-state index is 11.8. The predicted octanol–water partition coefficient (Wildman–Crippen LogP) is 1.39. The summed E-state index contributed by atoms with van der Waals surface area (Å²) in [7, 11) is -3.90. The van der Waals surface area contributed by atoms with Crippen LogP contribution in [0.3, 0.4) is 0 Å². The molecule has 15 heavy (non-hydrogen) atoms. The Kier molecular flexibility index (Phi) is 4.12. The number of nitrogens with one attached hydrogen (secondary N) is 1. The number of pyridine rings is 1. The van der Waals surface area contributed by atoms with Crippen LogP contribution < -0.4 is 4.72 Å². The molecule has 0 radical (unpaired) electrons. The van der Waals surface area contributed by atoms with Crippen LogP contribution in [-0.2, 0) is 10.0 Å². The summed E-state index contributed by atoms with van der Waals surface area (Å²) in [6.45, 7) is -0.908. The van der Waals surface area contributed by atoms with Gasteiger partial charge in [0.1, 0.15) is 4.90 Å². The van der Waals surface area contributed by atoms with E-state index in [1.807, 2.05) is 0 Å². The molecule has 4 nitrogen and oxygen atoms in total. The van der Waals surface area contributed by atoms with Crippen molar-refractivity contribution in [2.24, 2.45) is 0 Å². The van der Waals surface area contributed by atoms with Gasteiger partial charge in [-0.2, -0.15) is 0 Å². The van der Waals surface area contributed by atoms with Crippen molar-refractivity contribution in [1.29, 1.82) is 0 Å². The van der Waals surface area contributed by atoms with Gasteiger partial charge >= 0.3 is 0 Å². The predicted molar refractivity (Wildman–Crippen MR) is 53.1 cm³/mol. The Hall–Kier alpha value is -0.600. The van der Waals surface area contributed by atoms with Gasteiger partial charge in [0, 0.05) is 16.9 Å². The molecule has 0 spiro atoms. The third-order valence-corrected chi connectivity index (χ3v) is 3.24. The molecule has 0 saturated carbocycles. The molecular weight excluding hydrogens is 294 g/mol. The summed E-state index contributed by atoms with van der Waals surface area (Å²) in [5, 5.41) is 0. The van der Waals surface area contributed by atoms with Crippen LogP contribution in [-0.4, -0.2) is 26.4 Å². The quantitative estimate of drug-likeness (QED) is 0.914. The molecule has 1 rings (SSSR count). The van der Waals surface area contributed by atoms with E-state index in [0.29, 0.717) is 4.47 Å². The lowest BCUT2D eigenvalue weighted by molar-refractivity contribution is 0.153. The monoisotopic (exact) mass is 300 g/mol. The molecule has 0 unspecified atom stereocenters. The van der Waals surface area contributed by atoms with Crippen LogP contribution >= 0.6 is 15.9 Å². The van der Waals surface area contributed by atoms with Crippen LogP contribution in [0.25, 0.3) is 0 Å². The fraction of sp³-hybridized carbons (Fsp3) is 0.286. The molecule has 0 aliphatic rings. The molecular formula is C7H7BrF2N2O2S. The van der Waals surface area contributed by atoms with E-state index in [-0.39, 0.29) is 4.90 Å². The van der Waals surface area contributed by atoms with Crippen LogP contribution in [0, 0.1) is 0 Å². The van der Waals surface area contributed by atoms with E-state index in [0.717, 1.165) is 6.20 Å². The Balaban J connectivity index is 2.87. The minimum Gasteiger partial charge on any atom is -0.262 e. The lowest BCUT2D eigenvalue weighted by Crippen LogP contribution is -2.28. The van der Waals surface area contributed by atoms with E-state index >= 15 is 0 Å². The van der Waals surface area contributed by atoms with Crippen molar-refractivity contribution >= 4 is 26.0 Å². The third kappa shape index (κ3) is 3.80. The molecule has 0 saturated heterocycles. The number of alkyl halides is 2. The molecule has 0 aromatic carbocycles. The minimum absolute atomic E-state index is 0.155. The normalized spacial score (nSPS) is 12.0. The Morgan fingerprint density at radius 2 is 2.13 bits per heavy atom. The first-order chi connectivity index (χ1) is 6.92. The summed E-state index contributed by atoms with van der Waals surface area (Å²) >= 11 is 3.03. The summed E-state index contributed by atoms with van der Waals surface area (Å²) in [6.07, 6.45) is -0.245. The van der Waals surface area contributed by atoms with Crippen LogP contribution in [0.4, 0.5) is 8.78 Å². The molecule has 1 aromatic heterocycles. The SMILES string of the molecule is O=S(=O)(NCC(F)F)c1cncc(Br)c1. The molecule has 0 fully saturated rings. The highest BCUT2D eigenvalue weighted by molar-refractivity contribution is 9.10. The first-order valence-electron chi connectivity index (χ1n) is 3.80. The molecule has 0 amide bonds. The lowest BCUT2D eigenvalue weighted by Gasteiger charge is -2.05. The zero-order valence-corrected chi connectivity index (χ0v) is 9.72. The number of aromatic nitrogens is 1. The van der Waals surface area contributed by atoms with E-state index in [9.17, 15) is 17.2 Å². The second-order valence-corrected chi connectivity index (χ2v) is 5.26. The summed E-state index contributed by atoms with van der Waals surface area (Å²) in [6, 6.07) is 1.28. The van der Waals surface area contributed by atoms with E-state index in [4.69, 9.17) is 0 Å². The maximum atomic E-state index is 11.8. The number of rotatable bonds is 4. The molecule has 0 atom stereocenters. The molecule has 0 bridgehead atoms. The number of sulfonamides is 1. The molecule has 1 heterocycles. The Morgan fingerprint density at radius 1 is 1.47 bits per heavy atom. The first-order valence-corrected chi connectivity index (χ1v) is 6.08. The van der Waals surface area contributed by atoms with Crippen molar-refractivity contribution in [3.05, 3.63) is 22.9 Å². The Labute approximate surface area is 93.9 Å². The fourth-order valence-corrected chi connectivity index (χ4v) is 2.31. The second-order valence-electron chi connectivity index (χ2n) is 2.58. The van der Waals surface area contributed by atoms with Crippen molar-refractivity contribution in [3.8, 4) is 0 Å². The average molecular weight is 301 g/mol. The average Bonchev–Trinajstić information content (AvgIpc) is 2.15. The van der Waals surface area contributed by atoms with Crippen molar-refractivity contribution < 1.29 is 17.2 Å². The zero-order valence-electron chi connectivity index (χ0n) is 7.32. The van der Waals surface area contributed by atoms with Crippen LogP contribution in [0.2, 0.25) is 0 Å². The smallest absolute Gasteiger partial charge is 0.251 e. The largest absolute Gasteiger partial charge is 0.262 e. The number of hydrogen-bond donors (Lipinski definition) is 1. The Morgan fingerprint density at radius 3 is 2.67 bits per heavy atom. The second kappa shape index (κ2) is 4.95. The first kappa shape index (κ1) is 12.5. The third-order valence-electron chi connectivity index (χ3n) is 1.42. The van der Waals surface area contributed by atoms with Crippen LogP contribution in [0.1, 0.15) is 0 Å². The highest BCUT2D eigenvalue weighted by Crippen LogP contribution is 2.13. The van der Waals surface area contributed by atoms with E-state index in [2.05, 4.69) is 20.9 Å². The number of hydrogen-bond acceptors (Lipinski definition) is 3. The van der Waals surface area contributed by atoms with E-state index in [1.54, 1.807) is 4.72 Å². The van der Waals surface area contributed by atoms with Crippen LogP contribution in [0.5, 0.6) is 0 Å². The molecule has 0 aliphatic carbocycles. The van der Waals surface area contributed by atoms with Crippen molar-refractivity contribution in [2.45, 2.75) is 11.3 Å². The topological polar surface area (TPSA) is 59.1 Å². The van der Waals surface area contributed by atoms with E-state index < -0.39 is 23.0 Å². The maximum Gasteiger partial charge on any atom is 0.251 e. The molecule has 84 valence electrons. The van der Waals surface area contributed by atoms with Crippen LogP contribution in [0.15, 0.2) is 27.8 Å². The van der Waals surface area contributed by atoms with Gasteiger partial charge in [-0.3, -0.25) is 4.98 Å². The molecule has 8 heteroatoms.